The van der Waals surface area contributed by atoms with Crippen LogP contribution in [-0.2, 0) is 14.3 Å². The highest BCUT2D eigenvalue weighted by atomic mass is 19.4. The van der Waals surface area contributed by atoms with Crippen molar-refractivity contribution in [3.8, 4) is 11.1 Å². The summed E-state index contributed by atoms with van der Waals surface area (Å²) < 4.78 is 43.7. The van der Waals surface area contributed by atoms with Gasteiger partial charge >= 0.3 is 12.1 Å². The molecule has 3 aliphatic rings. The number of pyridine rings is 1. The van der Waals surface area contributed by atoms with Crippen molar-refractivity contribution < 1.29 is 27.5 Å². The first-order valence-electron chi connectivity index (χ1n) is 12.0. The zero-order chi connectivity index (χ0) is 25.8. The number of hydrogen-bond donors (Lipinski definition) is 0. The minimum atomic E-state index is -4.89. The van der Waals surface area contributed by atoms with Crippen LogP contribution in [0.4, 0.5) is 13.2 Å². The van der Waals surface area contributed by atoms with Crippen LogP contribution in [0.1, 0.15) is 12.0 Å². The molecule has 0 N–H and O–H groups in total. The number of aromatic nitrogens is 1. The summed E-state index contributed by atoms with van der Waals surface area (Å²) in [5, 5.41) is 1.05. The molecule has 1 unspecified atom stereocenters. The number of alkyl halides is 3. The van der Waals surface area contributed by atoms with Crippen molar-refractivity contribution in [3.63, 3.8) is 0 Å². The minimum Gasteiger partial charge on any atom is -0.378 e. The summed E-state index contributed by atoms with van der Waals surface area (Å²) in [7, 11) is 0. The van der Waals surface area contributed by atoms with Crippen LogP contribution in [0, 0.1) is 5.92 Å². The monoisotopic (exact) mass is 508 g/mol. The second kappa shape index (κ2) is 8.65. The number of benzene rings is 2. The van der Waals surface area contributed by atoms with Gasteiger partial charge in [-0.2, -0.15) is 13.2 Å². The van der Waals surface area contributed by atoms with Gasteiger partial charge in [-0.15, -0.1) is 0 Å². The zero-order valence-electron chi connectivity index (χ0n) is 19.7. The lowest BCUT2D eigenvalue weighted by atomic mass is 9.96. The lowest BCUT2D eigenvalue weighted by molar-refractivity contribution is -0.191. The number of amides is 2. The highest BCUT2D eigenvalue weighted by Gasteiger charge is 2.53. The smallest absolute Gasteiger partial charge is 0.378 e. The molecule has 0 bridgehead atoms. The standard InChI is InChI=1S/C27H23F3N4O3/c28-27(29,30)25(36)33-13-17(14-33)15-34-23(32-26(24(34)35)9-11-37-16-26)20-6-3-18(4-7-20)21-8-5-19-2-1-10-31-22(19)12-21/h1-8,10,12,17H,9,11,13-16H2. The molecule has 6 rings (SSSR count). The molecule has 2 saturated heterocycles. The van der Waals surface area contributed by atoms with Crippen molar-refractivity contribution in [1.29, 1.82) is 0 Å². The maximum atomic E-state index is 13.4. The summed E-state index contributed by atoms with van der Waals surface area (Å²) in [6, 6.07) is 17.6. The second-order valence-electron chi connectivity index (χ2n) is 9.75. The van der Waals surface area contributed by atoms with E-state index >= 15 is 0 Å². The molecule has 0 aliphatic carbocycles. The van der Waals surface area contributed by atoms with E-state index in [1.165, 1.54) is 0 Å². The fraction of sp³-hybridized carbons (Fsp3) is 0.333. The van der Waals surface area contributed by atoms with E-state index in [9.17, 15) is 22.8 Å². The SMILES string of the molecule is O=C(N1CC(CN2C(=O)C3(CCOC3)N=C2c2ccc(-c3ccc4cccnc4c3)cc2)C1)C(F)(F)F. The van der Waals surface area contributed by atoms with E-state index in [0.717, 1.165) is 32.5 Å². The van der Waals surface area contributed by atoms with Crippen molar-refractivity contribution in [1.82, 2.24) is 14.8 Å². The number of amidine groups is 1. The number of aliphatic imine (C=N–C) groups is 1. The summed E-state index contributed by atoms with van der Waals surface area (Å²) >= 11 is 0. The minimum absolute atomic E-state index is 0.0478. The van der Waals surface area contributed by atoms with Gasteiger partial charge in [0.2, 0.25) is 0 Å². The lowest BCUT2D eigenvalue weighted by Gasteiger charge is -2.41. The van der Waals surface area contributed by atoms with Crippen LogP contribution in [-0.4, -0.2) is 77.0 Å². The Morgan fingerprint density at radius 1 is 1.05 bits per heavy atom. The second-order valence-corrected chi connectivity index (χ2v) is 9.75. The summed E-state index contributed by atoms with van der Waals surface area (Å²) in [5.41, 5.74) is 2.61. The normalized spacial score (nSPS) is 22.1. The predicted octanol–water partition coefficient (Wildman–Crippen LogP) is 3.67. The van der Waals surface area contributed by atoms with Gasteiger partial charge in [0.05, 0.1) is 12.1 Å². The number of rotatable bonds is 4. The van der Waals surface area contributed by atoms with E-state index in [-0.39, 0.29) is 38.1 Å². The number of hydrogen-bond acceptors (Lipinski definition) is 5. The third-order valence-electron chi connectivity index (χ3n) is 7.23. The lowest BCUT2D eigenvalue weighted by Crippen LogP contribution is -2.58. The van der Waals surface area contributed by atoms with Gasteiger partial charge in [0, 0.05) is 55.7 Å². The Hall–Kier alpha value is -3.79. The van der Waals surface area contributed by atoms with Crippen LogP contribution >= 0.6 is 0 Å². The highest BCUT2D eigenvalue weighted by molar-refractivity contribution is 6.15. The molecule has 3 aromatic rings. The number of likely N-dealkylation sites (tertiary alicyclic amines) is 1. The summed E-state index contributed by atoms with van der Waals surface area (Å²) in [4.78, 5) is 36.5. The Balaban J connectivity index is 1.24. The zero-order valence-corrected chi connectivity index (χ0v) is 19.7. The Kier molecular flexibility index (Phi) is 5.52. The van der Waals surface area contributed by atoms with Gasteiger partial charge in [0.25, 0.3) is 5.91 Å². The molecular weight excluding hydrogens is 485 g/mol. The third kappa shape index (κ3) is 4.15. The molecule has 190 valence electrons. The number of carbonyl (C=O) groups is 2. The topological polar surface area (TPSA) is 75.1 Å². The molecule has 1 spiro atoms. The van der Waals surface area contributed by atoms with Crippen LogP contribution < -0.4 is 0 Å². The number of carbonyl (C=O) groups excluding carboxylic acids is 2. The van der Waals surface area contributed by atoms with Crippen LogP contribution in [0.15, 0.2) is 65.8 Å². The number of fused-ring (bicyclic) bond motifs is 1. The molecule has 10 heteroatoms. The maximum Gasteiger partial charge on any atom is 0.471 e. The average molecular weight is 509 g/mol. The summed E-state index contributed by atoms with van der Waals surface area (Å²) in [5.74, 6) is -1.82. The van der Waals surface area contributed by atoms with Crippen molar-refractivity contribution in [2.24, 2.45) is 10.9 Å². The molecule has 4 heterocycles. The molecule has 1 atom stereocenters. The van der Waals surface area contributed by atoms with E-state index in [1.54, 1.807) is 11.1 Å². The first kappa shape index (κ1) is 23.6. The fourth-order valence-corrected chi connectivity index (χ4v) is 5.21. The van der Waals surface area contributed by atoms with Gasteiger partial charge in [-0.25, -0.2) is 4.99 Å². The Morgan fingerprint density at radius 2 is 1.78 bits per heavy atom. The molecule has 2 amide bonds. The quantitative estimate of drug-likeness (QED) is 0.539. The van der Waals surface area contributed by atoms with Crippen LogP contribution in [0.2, 0.25) is 0 Å². The van der Waals surface area contributed by atoms with E-state index in [0.29, 0.717) is 18.9 Å². The van der Waals surface area contributed by atoms with Gasteiger partial charge in [0.15, 0.2) is 5.54 Å². The maximum absolute atomic E-state index is 13.4. The molecule has 2 fully saturated rings. The van der Waals surface area contributed by atoms with Gasteiger partial charge in [0.1, 0.15) is 5.84 Å². The van der Waals surface area contributed by atoms with Crippen LogP contribution in [0.5, 0.6) is 0 Å². The van der Waals surface area contributed by atoms with Crippen molar-refractivity contribution in [2.45, 2.75) is 18.1 Å². The fourth-order valence-electron chi connectivity index (χ4n) is 5.21. The molecule has 2 aromatic carbocycles. The molecule has 37 heavy (non-hydrogen) atoms. The average Bonchev–Trinajstić information content (AvgIpc) is 3.45. The van der Waals surface area contributed by atoms with E-state index in [2.05, 4.69) is 4.98 Å². The first-order valence-corrected chi connectivity index (χ1v) is 12.0. The summed E-state index contributed by atoms with van der Waals surface area (Å²) in [6.45, 7) is 0.695. The van der Waals surface area contributed by atoms with Crippen LogP contribution in [0.25, 0.3) is 22.0 Å². The van der Waals surface area contributed by atoms with Crippen LogP contribution in [0.3, 0.4) is 0 Å². The molecule has 0 radical (unpaired) electrons. The largest absolute Gasteiger partial charge is 0.471 e. The van der Waals surface area contributed by atoms with Crippen molar-refractivity contribution >= 4 is 28.6 Å². The molecule has 0 saturated carbocycles. The van der Waals surface area contributed by atoms with E-state index < -0.39 is 17.6 Å². The molecule has 3 aliphatic heterocycles. The van der Waals surface area contributed by atoms with Gasteiger partial charge in [-0.1, -0.05) is 42.5 Å². The number of ether oxygens (including phenoxy) is 1. The molecule has 1 aromatic heterocycles. The Bertz CT molecular complexity index is 1410. The predicted molar refractivity (Wildman–Crippen MR) is 130 cm³/mol. The molecule has 7 nitrogen and oxygen atoms in total. The van der Waals surface area contributed by atoms with Gasteiger partial charge < -0.3 is 9.64 Å². The van der Waals surface area contributed by atoms with Gasteiger partial charge in [-0.3, -0.25) is 19.5 Å². The summed E-state index contributed by atoms with van der Waals surface area (Å²) in [6.07, 6.45) is -2.69. The van der Waals surface area contributed by atoms with Crippen molar-refractivity contribution in [3.05, 3.63) is 66.4 Å². The first-order chi connectivity index (χ1) is 17.7. The highest BCUT2D eigenvalue weighted by Crippen LogP contribution is 2.35. The third-order valence-corrected chi connectivity index (χ3v) is 7.23. The number of halogens is 3. The number of nitrogens with zero attached hydrogens (tertiary/aromatic N) is 4. The molecular formula is C27H23F3N4O3. The van der Waals surface area contributed by atoms with Gasteiger partial charge in [-0.05, 0) is 23.3 Å². The van der Waals surface area contributed by atoms with E-state index in [4.69, 9.17) is 9.73 Å². The Morgan fingerprint density at radius 3 is 2.49 bits per heavy atom. The Labute approximate surface area is 210 Å². The van der Waals surface area contributed by atoms with E-state index in [1.807, 2.05) is 54.6 Å². The van der Waals surface area contributed by atoms with Crippen molar-refractivity contribution in [2.75, 3.05) is 32.8 Å².